The number of aryl methyl sites for hydroxylation is 2. The summed E-state index contributed by atoms with van der Waals surface area (Å²) in [5, 5.41) is 0. The summed E-state index contributed by atoms with van der Waals surface area (Å²) >= 11 is 3.77. The topological polar surface area (TPSA) is 12.9 Å². The van der Waals surface area contributed by atoms with Crippen molar-refractivity contribution in [2.45, 2.75) is 31.0 Å². The highest BCUT2D eigenvalue weighted by Crippen LogP contribution is 2.16. The molecule has 18 heavy (non-hydrogen) atoms. The molecule has 94 valence electrons. The van der Waals surface area contributed by atoms with Crippen LogP contribution in [0.1, 0.15) is 23.1 Å². The van der Waals surface area contributed by atoms with E-state index in [1.807, 2.05) is 12.4 Å². The number of nitrogens with zero attached hydrogens (tertiary/aromatic N) is 1. The van der Waals surface area contributed by atoms with Gasteiger partial charge >= 0.3 is 0 Å². The monoisotopic (exact) mass is 303 g/mol. The predicted molar refractivity (Wildman–Crippen MR) is 80.2 cm³/mol. The first-order chi connectivity index (χ1) is 8.74. The SMILES string of the molecule is Cc1cccc(CCC(Br)Cc2ccncc2)c1. The number of rotatable bonds is 5. The number of pyridine rings is 1. The minimum atomic E-state index is 0.528. The molecule has 0 aliphatic rings. The van der Waals surface area contributed by atoms with Gasteiger partial charge in [0.05, 0.1) is 0 Å². The van der Waals surface area contributed by atoms with Crippen molar-refractivity contribution in [1.82, 2.24) is 4.98 Å². The average molecular weight is 304 g/mol. The maximum absolute atomic E-state index is 4.04. The van der Waals surface area contributed by atoms with Gasteiger partial charge in [-0.05, 0) is 49.4 Å². The Morgan fingerprint density at radius 2 is 1.89 bits per heavy atom. The van der Waals surface area contributed by atoms with Crippen LogP contribution in [0.15, 0.2) is 48.8 Å². The van der Waals surface area contributed by atoms with Gasteiger partial charge in [-0.1, -0.05) is 45.8 Å². The second-order valence-electron chi connectivity index (χ2n) is 4.68. The zero-order valence-corrected chi connectivity index (χ0v) is 12.2. The van der Waals surface area contributed by atoms with Gasteiger partial charge in [-0.15, -0.1) is 0 Å². The van der Waals surface area contributed by atoms with Crippen molar-refractivity contribution in [2.75, 3.05) is 0 Å². The first-order valence-corrected chi connectivity index (χ1v) is 7.24. The van der Waals surface area contributed by atoms with Crippen molar-refractivity contribution in [3.05, 3.63) is 65.5 Å². The van der Waals surface area contributed by atoms with E-state index in [1.165, 1.54) is 16.7 Å². The molecule has 0 N–H and O–H groups in total. The largest absolute Gasteiger partial charge is 0.265 e. The number of alkyl halides is 1. The third-order valence-corrected chi connectivity index (χ3v) is 3.82. The molecule has 1 aromatic carbocycles. The first kappa shape index (κ1) is 13.3. The van der Waals surface area contributed by atoms with E-state index in [-0.39, 0.29) is 0 Å². The summed E-state index contributed by atoms with van der Waals surface area (Å²) in [6, 6.07) is 12.9. The van der Waals surface area contributed by atoms with Gasteiger partial charge < -0.3 is 0 Å². The van der Waals surface area contributed by atoms with Crippen LogP contribution >= 0.6 is 15.9 Å². The lowest BCUT2D eigenvalue weighted by atomic mass is 10.0. The molecule has 2 aromatic rings. The highest BCUT2D eigenvalue weighted by molar-refractivity contribution is 9.09. The van der Waals surface area contributed by atoms with E-state index in [9.17, 15) is 0 Å². The Bertz CT molecular complexity index is 481. The van der Waals surface area contributed by atoms with Gasteiger partial charge in [0.1, 0.15) is 0 Å². The average Bonchev–Trinajstić information content (AvgIpc) is 2.38. The van der Waals surface area contributed by atoms with Gasteiger partial charge in [-0.2, -0.15) is 0 Å². The van der Waals surface area contributed by atoms with Crippen LogP contribution < -0.4 is 0 Å². The molecule has 1 unspecified atom stereocenters. The van der Waals surface area contributed by atoms with Crippen LogP contribution in [0.5, 0.6) is 0 Å². The van der Waals surface area contributed by atoms with E-state index in [2.05, 4.69) is 64.2 Å². The van der Waals surface area contributed by atoms with Crippen molar-refractivity contribution < 1.29 is 0 Å². The highest BCUT2D eigenvalue weighted by Gasteiger charge is 2.06. The Labute approximate surface area is 117 Å². The van der Waals surface area contributed by atoms with E-state index in [0.29, 0.717) is 4.83 Å². The van der Waals surface area contributed by atoms with Crippen molar-refractivity contribution in [2.24, 2.45) is 0 Å². The van der Waals surface area contributed by atoms with Gasteiger partial charge in [0.25, 0.3) is 0 Å². The highest BCUT2D eigenvalue weighted by atomic mass is 79.9. The van der Waals surface area contributed by atoms with E-state index in [0.717, 1.165) is 19.3 Å². The second-order valence-corrected chi connectivity index (χ2v) is 5.98. The summed E-state index contributed by atoms with van der Waals surface area (Å²) in [5.41, 5.74) is 4.11. The smallest absolute Gasteiger partial charge is 0.0270 e. The third kappa shape index (κ3) is 4.26. The minimum absolute atomic E-state index is 0.528. The summed E-state index contributed by atoms with van der Waals surface area (Å²) in [6.45, 7) is 2.14. The fraction of sp³-hybridized carbons (Fsp3) is 0.312. The lowest BCUT2D eigenvalue weighted by molar-refractivity contribution is 0.762. The summed E-state index contributed by atoms with van der Waals surface area (Å²) in [7, 11) is 0. The van der Waals surface area contributed by atoms with Gasteiger partial charge in [0, 0.05) is 17.2 Å². The molecule has 1 atom stereocenters. The van der Waals surface area contributed by atoms with E-state index >= 15 is 0 Å². The Morgan fingerprint density at radius 3 is 2.61 bits per heavy atom. The molecule has 0 spiro atoms. The third-order valence-electron chi connectivity index (χ3n) is 3.04. The summed E-state index contributed by atoms with van der Waals surface area (Å²) in [6.07, 6.45) is 7.06. The number of halogens is 1. The molecule has 1 heterocycles. The molecule has 0 saturated heterocycles. The molecular formula is C16H18BrN. The van der Waals surface area contributed by atoms with E-state index in [4.69, 9.17) is 0 Å². The fourth-order valence-corrected chi connectivity index (χ4v) is 2.67. The maximum Gasteiger partial charge on any atom is 0.0270 e. The van der Waals surface area contributed by atoms with Crippen LogP contribution in [0.2, 0.25) is 0 Å². The Hall–Kier alpha value is -1.15. The molecular weight excluding hydrogens is 286 g/mol. The van der Waals surface area contributed by atoms with Crippen LogP contribution in [0.4, 0.5) is 0 Å². The van der Waals surface area contributed by atoms with Gasteiger partial charge in [0.2, 0.25) is 0 Å². The fourth-order valence-electron chi connectivity index (χ4n) is 2.07. The molecule has 0 fully saturated rings. The molecule has 0 aliphatic carbocycles. The number of hydrogen-bond acceptors (Lipinski definition) is 1. The van der Waals surface area contributed by atoms with Gasteiger partial charge in [-0.25, -0.2) is 0 Å². The van der Waals surface area contributed by atoms with Crippen molar-refractivity contribution in [1.29, 1.82) is 0 Å². The van der Waals surface area contributed by atoms with Crippen LogP contribution in [0.25, 0.3) is 0 Å². The maximum atomic E-state index is 4.04. The molecule has 0 radical (unpaired) electrons. The minimum Gasteiger partial charge on any atom is -0.265 e. The number of hydrogen-bond donors (Lipinski definition) is 0. The van der Waals surface area contributed by atoms with Crippen LogP contribution in [0.3, 0.4) is 0 Å². The molecule has 2 heteroatoms. The Morgan fingerprint density at radius 1 is 1.11 bits per heavy atom. The number of benzene rings is 1. The number of aromatic nitrogens is 1. The van der Waals surface area contributed by atoms with Gasteiger partial charge in [-0.3, -0.25) is 4.98 Å². The summed E-state index contributed by atoms with van der Waals surface area (Å²) < 4.78 is 0. The zero-order valence-electron chi connectivity index (χ0n) is 10.6. The van der Waals surface area contributed by atoms with Crippen molar-refractivity contribution >= 4 is 15.9 Å². The second kappa shape index (κ2) is 6.69. The predicted octanol–water partition coefficient (Wildman–Crippen LogP) is 4.33. The molecule has 1 nitrogen and oxygen atoms in total. The lowest BCUT2D eigenvalue weighted by Gasteiger charge is -2.10. The van der Waals surface area contributed by atoms with E-state index < -0.39 is 0 Å². The summed E-state index contributed by atoms with van der Waals surface area (Å²) in [5.74, 6) is 0. The molecule has 1 aromatic heterocycles. The Kier molecular flexibility index (Phi) is 4.94. The van der Waals surface area contributed by atoms with Crippen molar-refractivity contribution in [3.63, 3.8) is 0 Å². The van der Waals surface area contributed by atoms with Gasteiger partial charge in [0.15, 0.2) is 0 Å². The van der Waals surface area contributed by atoms with Crippen LogP contribution in [-0.2, 0) is 12.8 Å². The van der Waals surface area contributed by atoms with Crippen LogP contribution in [-0.4, -0.2) is 9.81 Å². The standard InChI is InChI=1S/C16H18BrN/c1-13-3-2-4-14(11-13)5-6-16(17)12-15-7-9-18-10-8-15/h2-4,7-11,16H,5-6,12H2,1H3. The molecule has 2 rings (SSSR count). The molecule has 0 aliphatic heterocycles. The molecule has 0 bridgehead atoms. The quantitative estimate of drug-likeness (QED) is 0.749. The summed E-state index contributed by atoms with van der Waals surface area (Å²) in [4.78, 5) is 4.57. The molecule has 0 saturated carbocycles. The zero-order chi connectivity index (χ0) is 12.8. The van der Waals surface area contributed by atoms with E-state index in [1.54, 1.807) is 0 Å². The normalized spacial score (nSPS) is 12.3. The Balaban J connectivity index is 1.83. The lowest BCUT2D eigenvalue weighted by Crippen LogP contribution is -2.04. The first-order valence-electron chi connectivity index (χ1n) is 6.32. The molecule has 0 amide bonds. The van der Waals surface area contributed by atoms with Crippen LogP contribution in [0, 0.1) is 6.92 Å². The van der Waals surface area contributed by atoms with Crippen molar-refractivity contribution in [3.8, 4) is 0 Å².